The van der Waals surface area contributed by atoms with E-state index in [1.807, 2.05) is 47.8 Å². The van der Waals surface area contributed by atoms with E-state index in [1.54, 1.807) is 30.0 Å². The largest absolute Gasteiger partial charge is 0.319 e. The van der Waals surface area contributed by atoms with Gasteiger partial charge in [-0.05, 0) is 30.5 Å². The molecule has 0 radical (unpaired) electrons. The maximum atomic E-state index is 12.8. The molecular weight excluding hydrogens is 408 g/mol. The second kappa shape index (κ2) is 8.10. The Morgan fingerprint density at radius 1 is 1.24 bits per heavy atom. The normalized spacial score (nSPS) is 11.0. The number of nitrogens with zero attached hydrogens (tertiary/aromatic N) is 4. The third-order valence-electron chi connectivity index (χ3n) is 4.37. The van der Waals surface area contributed by atoms with E-state index >= 15 is 0 Å². The fraction of sp³-hybridized carbons (Fsp3) is 0.158. The summed E-state index contributed by atoms with van der Waals surface area (Å²) < 4.78 is 3.25. The van der Waals surface area contributed by atoms with Crippen LogP contribution in [0.2, 0.25) is 0 Å². The number of anilines is 1. The highest BCUT2D eigenvalue weighted by Gasteiger charge is 2.18. The zero-order valence-corrected chi connectivity index (χ0v) is 17.4. The molecule has 0 unspecified atom stereocenters. The number of aromatic nitrogens is 5. The minimum absolute atomic E-state index is 0.0981. The highest BCUT2D eigenvalue weighted by Crippen LogP contribution is 2.23. The molecule has 0 aliphatic rings. The molecule has 1 amide bonds. The Bertz CT molecular complexity index is 1190. The molecule has 3 aromatic heterocycles. The average molecular weight is 427 g/mol. The molecule has 0 saturated heterocycles. The SMILES string of the molecule is Cc1c(NC(=O)CSc2n[nH]c(-c3cccs3)n2)c(=O)n(-c2ccccc2)n1C. The minimum Gasteiger partial charge on any atom is -0.319 e. The van der Waals surface area contributed by atoms with Gasteiger partial charge in [-0.25, -0.2) is 9.67 Å². The molecule has 3 heterocycles. The second-order valence-corrected chi connectivity index (χ2v) is 8.11. The summed E-state index contributed by atoms with van der Waals surface area (Å²) >= 11 is 2.77. The number of nitrogens with one attached hydrogen (secondary N) is 2. The van der Waals surface area contributed by atoms with Crippen LogP contribution in [0.4, 0.5) is 5.69 Å². The van der Waals surface area contributed by atoms with Crippen molar-refractivity contribution in [2.45, 2.75) is 12.1 Å². The van der Waals surface area contributed by atoms with Gasteiger partial charge < -0.3 is 5.32 Å². The molecule has 148 valence electrons. The van der Waals surface area contributed by atoms with Crippen LogP contribution < -0.4 is 10.9 Å². The number of rotatable bonds is 6. The molecule has 4 aromatic rings. The third-order valence-corrected chi connectivity index (χ3v) is 6.09. The summed E-state index contributed by atoms with van der Waals surface area (Å²) in [5.74, 6) is 0.483. The van der Waals surface area contributed by atoms with Crippen LogP contribution in [0.1, 0.15) is 5.69 Å². The molecule has 8 nitrogen and oxygen atoms in total. The van der Waals surface area contributed by atoms with E-state index in [-0.39, 0.29) is 22.9 Å². The Kier molecular flexibility index (Phi) is 5.36. The van der Waals surface area contributed by atoms with Gasteiger partial charge in [-0.2, -0.15) is 0 Å². The molecule has 0 spiro atoms. The highest BCUT2D eigenvalue weighted by atomic mass is 32.2. The monoisotopic (exact) mass is 426 g/mol. The first-order valence-corrected chi connectivity index (χ1v) is 10.6. The summed E-state index contributed by atoms with van der Waals surface area (Å²) in [5, 5.41) is 12.2. The third kappa shape index (κ3) is 3.89. The number of thiophene rings is 1. The number of benzene rings is 1. The first kappa shape index (κ1) is 19.2. The first-order chi connectivity index (χ1) is 14.0. The van der Waals surface area contributed by atoms with Gasteiger partial charge in [-0.15, -0.1) is 16.4 Å². The number of hydrogen-bond donors (Lipinski definition) is 2. The lowest BCUT2D eigenvalue weighted by Crippen LogP contribution is -2.23. The first-order valence-electron chi connectivity index (χ1n) is 8.77. The number of H-pyrrole nitrogens is 1. The van der Waals surface area contributed by atoms with Crippen LogP contribution in [-0.2, 0) is 11.8 Å². The van der Waals surface area contributed by atoms with Gasteiger partial charge in [0, 0.05) is 7.05 Å². The van der Waals surface area contributed by atoms with Crippen LogP contribution in [0.25, 0.3) is 16.4 Å². The number of hydrogen-bond acceptors (Lipinski definition) is 6. The molecule has 10 heteroatoms. The summed E-state index contributed by atoms with van der Waals surface area (Å²) in [5.41, 5.74) is 1.42. The van der Waals surface area contributed by atoms with Gasteiger partial charge in [0.2, 0.25) is 11.1 Å². The number of para-hydroxylation sites is 1. The minimum atomic E-state index is -0.288. The summed E-state index contributed by atoms with van der Waals surface area (Å²) in [6, 6.07) is 13.2. The van der Waals surface area contributed by atoms with E-state index in [9.17, 15) is 9.59 Å². The molecule has 0 aliphatic carbocycles. The summed E-state index contributed by atoms with van der Waals surface area (Å²) in [7, 11) is 1.79. The molecule has 0 fully saturated rings. The van der Waals surface area contributed by atoms with Crippen LogP contribution in [0.3, 0.4) is 0 Å². The lowest BCUT2D eigenvalue weighted by Gasteiger charge is -2.07. The van der Waals surface area contributed by atoms with Crippen LogP contribution in [0.15, 0.2) is 57.8 Å². The number of aromatic amines is 1. The predicted octanol–water partition coefficient (Wildman–Crippen LogP) is 3.06. The van der Waals surface area contributed by atoms with Gasteiger partial charge in [0.15, 0.2) is 5.82 Å². The van der Waals surface area contributed by atoms with Crippen molar-refractivity contribution in [2.75, 3.05) is 11.1 Å². The van der Waals surface area contributed by atoms with E-state index in [0.29, 0.717) is 16.7 Å². The molecule has 29 heavy (non-hydrogen) atoms. The average Bonchev–Trinajstić information content (AvgIpc) is 3.45. The second-order valence-electron chi connectivity index (χ2n) is 6.22. The van der Waals surface area contributed by atoms with E-state index in [0.717, 1.165) is 10.6 Å². The Labute approximate surface area is 174 Å². The molecule has 1 aromatic carbocycles. The predicted molar refractivity (Wildman–Crippen MR) is 115 cm³/mol. The maximum absolute atomic E-state index is 12.8. The molecule has 0 saturated carbocycles. The van der Waals surface area contributed by atoms with E-state index in [4.69, 9.17) is 0 Å². The van der Waals surface area contributed by atoms with Crippen LogP contribution in [-0.4, -0.2) is 36.2 Å². The standard InChI is InChI=1S/C19H18N6O2S2/c1-12-16(18(27)25(24(12)2)13-7-4-3-5-8-13)20-15(26)11-29-19-21-17(22-23-19)14-9-6-10-28-14/h3-10H,11H2,1-2H3,(H,20,26)(H,21,22,23). The molecular formula is C19H18N6O2S2. The molecule has 0 aliphatic heterocycles. The summed E-state index contributed by atoms with van der Waals surface area (Å²) in [6.07, 6.45) is 0. The number of thioether (sulfide) groups is 1. The van der Waals surface area contributed by atoms with Crippen molar-refractivity contribution in [3.63, 3.8) is 0 Å². The Morgan fingerprint density at radius 3 is 2.76 bits per heavy atom. The summed E-state index contributed by atoms with van der Waals surface area (Å²) in [6.45, 7) is 1.80. The number of amides is 1. The lowest BCUT2D eigenvalue weighted by molar-refractivity contribution is -0.113. The van der Waals surface area contributed by atoms with Crippen molar-refractivity contribution in [3.05, 3.63) is 63.9 Å². The zero-order chi connectivity index (χ0) is 20.4. The van der Waals surface area contributed by atoms with Crippen molar-refractivity contribution < 1.29 is 4.79 Å². The molecule has 4 rings (SSSR count). The van der Waals surface area contributed by atoms with Crippen molar-refractivity contribution in [1.82, 2.24) is 24.5 Å². The zero-order valence-electron chi connectivity index (χ0n) is 15.7. The molecule has 2 N–H and O–H groups in total. The number of carbonyl (C=O) groups excluding carboxylic acids is 1. The fourth-order valence-corrected chi connectivity index (χ4v) is 4.11. The Morgan fingerprint density at radius 2 is 2.03 bits per heavy atom. The highest BCUT2D eigenvalue weighted by molar-refractivity contribution is 7.99. The Hall–Kier alpha value is -3.11. The van der Waals surface area contributed by atoms with Gasteiger partial charge >= 0.3 is 0 Å². The van der Waals surface area contributed by atoms with Crippen LogP contribution in [0, 0.1) is 6.92 Å². The van der Waals surface area contributed by atoms with Crippen molar-refractivity contribution in [1.29, 1.82) is 0 Å². The van der Waals surface area contributed by atoms with E-state index in [2.05, 4.69) is 20.5 Å². The van der Waals surface area contributed by atoms with E-state index < -0.39 is 0 Å². The Balaban J connectivity index is 1.46. The van der Waals surface area contributed by atoms with Crippen molar-refractivity contribution in [2.24, 2.45) is 7.05 Å². The quantitative estimate of drug-likeness (QED) is 0.462. The smallest absolute Gasteiger partial charge is 0.295 e. The van der Waals surface area contributed by atoms with Gasteiger partial charge in [-0.3, -0.25) is 19.4 Å². The molecule has 0 bridgehead atoms. The molecule has 0 atom stereocenters. The van der Waals surface area contributed by atoms with Gasteiger partial charge in [0.05, 0.1) is 22.0 Å². The van der Waals surface area contributed by atoms with Crippen molar-refractivity contribution in [3.8, 4) is 16.4 Å². The maximum Gasteiger partial charge on any atom is 0.295 e. The fourth-order valence-electron chi connectivity index (χ4n) is 2.85. The van der Waals surface area contributed by atoms with Gasteiger partial charge in [0.1, 0.15) is 5.69 Å². The van der Waals surface area contributed by atoms with Gasteiger partial charge in [0.25, 0.3) is 5.56 Å². The van der Waals surface area contributed by atoms with Crippen LogP contribution >= 0.6 is 23.1 Å². The van der Waals surface area contributed by atoms with E-state index in [1.165, 1.54) is 16.4 Å². The summed E-state index contributed by atoms with van der Waals surface area (Å²) in [4.78, 5) is 30.6. The van der Waals surface area contributed by atoms with Crippen molar-refractivity contribution >= 4 is 34.7 Å². The van der Waals surface area contributed by atoms with Gasteiger partial charge in [-0.1, -0.05) is 36.0 Å². The number of carbonyl (C=O) groups is 1. The van der Waals surface area contributed by atoms with Crippen LogP contribution in [0.5, 0.6) is 0 Å². The topological polar surface area (TPSA) is 97.6 Å². The lowest BCUT2D eigenvalue weighted by atomic mass is 10.3.